The van der Waals surface area contributed by atoms with E-state index in [2.05, 4.69) is 53.9 Å². The largest absolute Gasteiger partial charge is 0.460 e. The van der Waals surface area contributed by atoms with E-state index in [0.29, 0.717) is 36.3 Å². The van der Waals surface area contributed by atoms with Crippen molar-refractivity contribution in [2.24, 2.45) is 0 Å². The van der Waals surface area contributed by atoms with Gasteiger partial charge in [-0.15, -0.1) is 0 Å². The lowest BCUT2D eigenvalue weighted by Gasteiger charge is -2.34. The van der Waals surface area contributed by atoms with Gasteiger partial charge in [0.15, 0.2) is 11.6 Å². The molecule has 12 heteroatoms. The summed E-state index contributed by atoms with van der Waals surface area (Å²) in [6.45, 7) is 12.0. The Bertz CT molecular complexity index is 1220. The number of hydrogen-bond donors (Lipinski definition) is 2. The summed E-state index contributed by atoms with van der Waals surface area (Å²) >= 11 is 0. The highest BCUT2D eigenvalue weighted by Crippen LogP contribution is 2.25. The molecule has 0 atom stereocenters. The molecule has 5 heterocycles. The Labute approximate surface area is 222 Å². The molecule has 2 fully saturated rings. The maximum Gasteiger partial charge on any atom is 0.320 e. The Morgan fingerprint density at radius 2 is 1.89 bits per heavy atom. The van der Waals surface area contributed by atoms with E-state index in [1.165, 1.54) is 0 Å². The minimum absolute atomic E-state index is 0.0168. The summed E-state index contributed by atoms with van der Waals surface area (Å²) in [5.74, 6) is 2.24. The number of ketones is 1. The number of anilines is 3. The average molecular weight is 521 g/mol. The third kappa shape index (κ3) is 6.75. The fourth-order valence-corrected chi connectivity index (χ4v) is 4.67. The number of Topliss-reactive ketones (excluding diaryl/α,β-unsaturated/α-hetero) is 1. The van der Waals surface area contributed by atoms with Crippen LogP contribution in [0, 0.1) is 6.92 Å². The second-order valence-corrected chi connectivity index (χ2v) is 10.1. The summed E-state index contributed by atoms with van der Waals surface area (Å²) in [4.78, 5) is 28.8. The molecule has 0 spiro atoms. The minimum Gasteiger partial charge on any atom is -0.460 e. The summed E-state index contributed by atoms with van der Waals surface area (Å²) in [7, 11) is 2.13. The van der Waals surface area contributed by atoms with Crippen LogP contribution in [-0.4, -0.2) is 104 Å². The number of hydrogen-bond acceptors (Lipinski definition) is 10. The van der Waals surface area contributed by atoms with Crippen LogP contribution in [0.15, 0.2) is 42.7 Å². The standard InChI is InChI=1S/C26H36N10O2/c1-19(17-36-8-4-7-27-36)22(37)18-34-9-5-21(6-10-34)38-26-29-23(28-24-15-20(2)31-32-24)16-25(30-26)35-13-11-33(3)12-14-35/h4,7-8,15-16,21H,1,5-6,9-14,17-18H2,2-3H3,(H2,28,29,30,31,32). The fourth-order valence-electron chi connectivity index (χ4n) is 4.67. The molecule has 2 aliphatic heterocycles. The molecule has 0 unspecified atom stereocenters. The van der Waals surface area contributed by atoms with E-state index in [0.717, 1.165) is 63.6 Å². The number of aromatic nitrogens is 6. The average Bonchev–Trinajstić information content (AvgIpc) is 3.57. The number of aromatic amines is 1. The first-order valence-corrected chi connectivity index (χ1v) is 13.1. The molecule has 0 saturated carbocycles. The van der Waals surface area contributed by atoms with E-state index in [1.807, 2.05) is 31.3 Å². The summed E-state index contributed by atoms with van der Waals surface area (Å²) in [5.41, 5.74) is 1.53. The molecule has 202 valence electrons. The van der Waals surface area contributed by atoms with Crippen molar-refractivity contribution in [2.45, 2.75) is 32.4 Å². The first-order valence-electron chi connectivity index (χ1n) is 13.1. The number of piperazine rings is 1. The molecule has 0 bridgehead atoms. The Morgan fingerprint density at radius 1 is 1.11 bits per heavy atom. The molecule has 5 rings (SSSR count). The van der Waals surface area contributed by atoms with Crippen LogP contribution in [0.25, 0.3) is 0 Å². The summed E-state index contributed by atoms with van der Waals surface area (Å²) in [6, 6.07) is 6.08. The van der Waals surface area contributed by atoms with E-state index >= 15 is 0 Å². The van der Waals surface area contributed by atoms with Crippen molar-refractivity contribution in [3.63, 3.8) is 0 Å². The Hall–Kier alpha value is -3.77. The van der Waals surface area contributed by atoms with Gasteiger partial charge in [0.1, 0.15) is 17.7 Å². The van der Waals surface area contributed by atoms with Gasteiger partial charge in [-0.3, -0.25) is 19.5 Å². The fraction of sp³-hybridized carbons (Fsp3) is 0.500. The summed E-state index contributed by atoms with van der Waals surface area (Å²) in [6.07, 6.45) is 5.10. The Balaban J connectivity index is 1.19. The van der Waals surface area contributed by atoms with Gasteiger partial charge in [-0.1, -0.05) is 6.58 Å². The monoisotopic (exact) mass is 520 g/mol. The molecule has 0 amide bonds. The highest BCUT2D eigenvalue weighted by molar-refractivity contribution is 5.96. The van der Waals surface area contributed by atoms with E-state index < -0.39 is 0 Å². The number of rotatable bonds is 10. The second kappa shape index (κ2) is 11.7. The predicted molar refractivity (Wildman–Crippen MR) is 145 cm³/mol. The van der Waals surface area contributed by atoms with Crippen LogP contribution in [0.3, 0.4) is 0 Å². The van der Waals surface area contributed by atoms with E-state index in [-0.39, 0.29) is 11.9 Å². The first kappa shape index (κ1) is 25.9. The van der Waals surface area contributed by atoms with Gasteiger partial charge in [0.05, 0.1) is 13.1 Å². The van der Waals surface area contributed by atoms with Crippen LogP contribution in [0.4, 0.5) is 17.5 Å². The summed E-state index contributed by atoms with van der Waals surface area (Å²) < 4.78 is 8.01. The topological polar surface area (TPSA) is 120 Å². The molecule has 0 radical (unpaired) electrons. The molecule has 2 saturated heterocycles. The number of likely N-dealkylation sites (N-methyl/N-ethyl adjacent to an activating group) is 1. The maximum absolute atomic E-state index is 12.7. The SMILES string of the molecule is C=C(Cn1cccn1)C(=O)CN1CCC(Oc2nc(Nc3cc(C)[nH]n3)cc(N3CCN(C)CC3)n2)CC1. The molecule has 0 aromatic carbocycles. The number of piperidine rings is 1. The molecule has 2 aliphatic rings. The third-order valence-corrected chi connectivity index (χ3v) is 6.96. The zero-order valence-electron chi connectivity index (χ0n) is 22.1. The van der Waals surface area contributed by atoms with Gasteiger partial charge in [-0.05, 0) is 32.9 Å². The predicted octanol–water partition coefficient (Wildman–Crippen LogP) is 1.87. The second-order valence-electron chi connectivity index (χ2n) is 10.1. The quantitative estimate of drug-likeness (QED) is 0.383. The van der Waals surface area contributed by atoms with Gasteiger partial charge >= 0.3 is 6.01 Å². The molecular weight excluding hydrogens is 484 g/mol. The minimum atomic E-state index is -0.0168. The van der Waals surface area contributed by atoms with Gasteiger partial charge in [-0.25, -0.2) is 0 Å². The number of aryl methyl sites for hydroxylation is 1. The smallest absolute Gasteiger partial charge is 0.320 e. The van der Waals surface area contributed by atoms with E-state index in [4.69, 9.17) is 9.72 Å². The van der Waals surface area contributed by atoms with Crippen molar-refractivity contribution in [1.29, 1.82) is 0 Å². The molecule has 3 aromatic heterocycles. The van der Waals surface area contributed by atoms with Crippen molar-refractivity contribution in [3.05, 3.63) is 48.4 Å². The van der Waals surface area contributed by atoms with Crippen LogP contribution < -0.4 is 15.0 Å². The molecule has 3 aromatic rings. The summed E-state index contributed by atoms with van der Waals surface area (Å²) in [5, 5.41) is 14.6. The molecular formula is C26H36N10O2. The number of ether oxygens (including phenoxy) is 1. The lowest BCUT2D eigenvalue weighted by atomic mass is 10.1. The van der Waals surface area contributed by atoms with Crippen molar-refractivity contribution in [1.82, 2.24) is 39.7 Å². The van der Waals surface area contributed by atoms with Gasteiger partial charge in [-0.2, -0.15) is 20.2 Å². The number of likely N-dealkylation sites (tertiary alicyclic amines) is 1. The highest BCUT2D eigenvalue weighted by Gasteiger charge is 2.25. The number of nitrogens with zero attached hydrogens (tertiary/aromatic N) is 8. The number of H-pyrrole nitrogens is 1. The van der Waals surface area contributed by atoms with Gasteiger partial charge < -0.3 is 19.9 Å². The number of nitrogens with one attached hydrogen (secondary N) is 2. The maximum atomic E-state index is 12.7. The van der Waals surface area contributed by atoms with Gasteiger partial charge in [0.25, 0.3) is 0 Å². The van der Waals surface area contributed by atoms with Crippen LogP contribution in [0.2, 0.25) is 0 Å². The van der Waals surface area contributed by atoms with Crippen molar-refractivity contribution < 1.29 is 9.53 Å². The molecule has 2 N–H and O–H groups in total. The number of carbonyl (C=O) groups is 1. The third-order valence-electron chi connectivity index (χ3n) is 6.96. The van der Waals surface area contributed by atoms with Crippen molar-refractivity contribution in [2.75, 3.05) is 63.1 Å². The zero-order valence-corrected chi connectivity index (χ0v) is 22.1. The van der Waals surface area contributed by atoms with E-state index in [1.54, 1.807) is 10.9 Å². The van der Waals surface area contributed by atoms with Gasteiger partial charge in [0.2, 0.25) is 0 Å². The Morgan fingerprint density at radius 3 is 2.58 bits per heavy atom. The molecule has 38 heavy (non-hydrogen) atoms. The normalized spacial score (nSPS) is 17.5. The lowest BCUT2D eigenvalue weighted by Crippen LogP contribution is -2.45. The van der Waals surface area contributed by atoms with Crippen LogP contribution in [0.5, 0.6) is 6.01 Å². The lowest BCUT2D eigenvalue weighted by molar-refractivity contribution is -0.117. The zero-order chi connectivity index (χ0) is 26.5. The first-order chi connectivity index (χ1) is 18.4. The highest BCUT2D eigenvalue weighted by atomic mass is 16.5. The van der Waals surface area contributed by atoms with Crippen molar-refractivity contribution >= 4 is 23.2 Å². The van der Waals surface area contributed by atoms with E-state index in [9.17, 15) is 4.79 Å². The number of carbonyl (C=O) groups excluding carboxylic acids is 1. The molecule has 0 aliphatic carbocycles. The Kier molecular flexibility index (Phi) is 7.99. The van der Waals surface area contributed by atoms with Crippen molar-refractivity contribution in [3.8, 4) is 6.01 Å². The van der Waals surface area contributed by atoms with Crippen LogP contribution >= 0.6 is 0 Å². The van der Waals surface area contributed by atoms with Crippen LogP contribution in [0.1, 0.15) is 18.5 Å². The molecule has 12 nitrogen and oxygen atoms in total. The van der Waals surface area contributed by atoms with Gasteiger partial charge in [0, 0.05) is 75.1 Å². The van der Waals surface area contributed by atoms with Crippen LogP contribution in [-0.2, 0) is 11.3 Å².